The molecule has 0 atom stereocenters. The number of amides is 1. The first-order chi connectivity index (χ1) is 11.0. The van der Waals surface area contributed by atoms with Crippen molar-refractivity contribution in [3.8, 4) is 0 Å². The molecule has 2 heterocycles. The topological polar surface area (TPSA) is 33.2 Å². The molecule has 1 aliphatic rings. The number of aromatic nitrogens is 1. The molecule has 1 amide bonds. The highest BCUT2D eigenvalue weighted by atomic mass is 35.5. The van der Waals surface area contributed by atoms with Crippen LogP contribution in [-0.4, -0.2) is 17.4 Å². The van der Waals surface area contributed by atoms with E-state index in [1.165, 1.54) is 11.1 Å². The number of pyridine rings is 1. The lowest BCUT2D eigenvalue weighted by Gasteiger charge is -2.30. The molecule has 0 saturated heterocycles. The summed E-state index contributed by atoms with van der Waals surface area (Å²) in [5.74, 6) is 0.00394. The number of halogens is 2. The fourth-order valence-electron chi connectivity index (χ4n) is 3.01. The molecule has 0 spiro atoms. The van der Waals surface area contributed by atoms with Gasteiger partial charge in [0.15, 0.2) is 0 Å². The fraction of sp³-hybridized carbons (Fsp3) is 0.333. The van der Waals surface area contributed by atoms with E-state index >= 15 is 0 Å². The maximum absolute atomic E-state index is 12.8. The highest BCUT2D eigenvalue weighted by Crippen LogP contribution is 2.30. The molecule has 1 aliphatic heterocycles. The zero-order valence-corrected chi connectivity index (χ0v) is 14.7. The summed E-state index contributed by atoms with van der Waals surface area (Å²) in [4.78, 5) is 18.8. The Kier molecular flexibility index (Phi) is 4.60. The normalized spacial score (nSPS) is 13.8. The van der Waals surface area contributed by atoms with Gasteiger partial charge in [-0.2, -0.15) is 0 Å². The number of benzene rings is 1. The van der Waals surface area contributed by atoms with Crippen molar-refractivity contribution in [1.82, 2.24) is 4.98 Å². The van der Waals surface area contributed by atoms with E-state index in [9.17, 15) is 4.79 Å². The third-order valence-electron chi connectivity index (χ3n) is 4.13. The van der Waals surface area contributed by atoms with Gasteiger partial charge in [0, 0.05) is 28.5 Å². The molecule has 5 heteroatoms. The molecule has 0 unspecified atom stereocenters. The van der Waals surface area contributed by atoms with E-state index in [0.717, 1.165) is 30.8 Å². The van der Waals surface area contributed by atoms with Crippen molar-refractivity contribution in [2.75, 3.05) is 11.4 Å². The molecule has 1 aromatic heterocycles. The van der Waals surface area contributed by atoms with Crippen LogP contribution in [0.1, 0.15) is 28.8 Å². The first-order valence-corrected chi connectivity index (χ1v) is 8.42. The van der Waals surface area contributed by atoms with Crippen molar-refractivity contribution in [3.05, 3.63) is 56.8 Å². The number of carbonyl (C=O) groups excluding carboxylic acids is 1. The summed E-state index contributed by atoms with van der Waals surface area (Å²) in [5.41, 5.74) is 4.79. The van der Waals surface area contributed by atoms with Gasteiger partial charge >= 0.3 is 0 Å². The minimum atomic E-state index is 0.00394. The van der Waals surface area contributed by atoms with Crippen LogP contribution in [0.15, 0.2) is 24.3 Å². The van der Waals surface area contributed by atoms with Crippen LogP contribution in [0.2, 0.25) is 10.2 Å². The van der Waals surface area contributed by atoms with Crippen molar-refractivity contribution >= 4 is 34.8 Å². The standard InChI is InChI=1S/C18H18Cl2N2O/c1-11-5-6-16-13(8-11)4-3-7-22(16)17(23)10-14-15(19)9-12(2)21-18(14)20/h5-6,8-9H,3-4,7,10H2,1-2H3. The van der Waals surface area contributed by atoms with Crippen LogP contribution in [0.4, 0.5) is 5.69 Å². The molecule has 0 bridgehead atoms. The van der Waals surface area contributed by atoms with E-state index in [0.29, 0.717) is 15.7 Å². The number of anilines is 1. The van der Waals surface area contributed by atoms with Crippen LogP contribution in [0, 0.1) is 13.8 Å². The Bertz CT molecular complexity index is 751. The lowest BCUT2D eigenvalue weighted by Crippen LogP contribution is -2.36. The maximum Gasteiger partial charge on any atom is 0.231 e. The zero-order valence-electron chi connectivity index (χ0n) is 13.2. The Balaban J connectivity index is 1.88. The van der Waals surface area contributed by atoms with Crippen LogP contribution in [-0.2, 0) is 17.6 Å². The predicted octanol–water partition coefficient (Wildman–Crippen LogP) is 4.53. The van der Waals surface area contributed by atoms with E-state index in [2.05, 4.69) is 18.0 Å². The van der Waals surface area contributed by atoms with Crippen LogP contribution in [0.5, 0.6) is 0 Å². The fourth-order valence-corrected chi connectivity index (χ4v) is 3.68. The highest BCUT2D eigenvalue weighted by molar-refractivity contribution is 6.35. The van der Waals surface area contributed by atoms with Gasteiger partial charge in [0.2, 0.25) is 5.91 Å². The third-order valence-corrected chi connectivity index (χ3v) is 4.78. The van der Waals surface area contributed by atoms with Crippen molar-refractivity contribution < 1.29 is 4.79 Å². The Labute approximate surface area is 146 Å². The second kappa shape index (κ2) is 6.50. The van der Waals surface area contributed by atoms with Gasteiger partial charge in [-0.05, 0) is 44.4 Å². The third kappa shape index (κ3) is 3.36. The number of hydrogen-bond acceptors (Lipinski definition) is 2. The van der Waals surface area contributed by atoms with E-state index in [4.69, 9.17) is 23.2 Å². The molecule has 0 saturated carbocycles. The number of fused-ring (bicyclic) bond motifs is 1. The molecule has 3 rings (SSSR count). The Morgan fingerprint density at radius 2 is 2.04 bits per heavy atom. The zero-order chi connectivity index (χ0) is 16.6. The Morgan fingerprint density at radius 3 is 2.78 bits per heavy atom. The molecule has 0 aliphatic carbocycles. The SMILES string of the molecule is Cc1ccc2c(c1)CCCN2C(=O)Cc1c(Cl)cc(C)nc1Cl. The van der Waals surface area contributed by atoms with Crippen LogP contribution in [0.25, 0.3) is 0 Å². The van der Waals surface area contributed by atoms with Gasteiger partial charge in [-0.1, -0.05) is 40.9 Å². The summed E-state index contributed by atoms with van der Waals surface area (Å²) in [6, 6.07) is 7.96. The van der Waals surface area contributed by atoms with Gasteiger partial charge in [0.25, 0.3) is 0 Å². The summed E-state index contributed by atoms with van der Waals surface area (Å²) >= 11 is 12.4. The predicted molar refractivity (Wildman–Crippen MR) is 94.6 cm³/mol. The number of rotatable bonds is 2. The average Bonchev–Trinajstić information content (AvgIpc) is 2.49. The summed E-state index contributed by atoms with van der Waals surface area (Å²) in [6.45, 7) is 4.62. The van der Waals surface area contributed by atoms with E-state index in [1.54, 1.807) is 6.07 Å². The molecule has 0 fully saturated rings. The summed E-state index contributed by atoms with van der Waals surface area (Å²) in [7, 11) is 0. The lowest BCUT2D eigenvalue weighted by molar-refractivity contribution is -0.118. The maximum atomic E-state index is 12.8. The molecule has 23 heavy (non-hydrogen) atoms. The molecule has 3 nitrogen and oxygen atoms in total. The minimum Gasteiger partial charge on any atom is -0.312 e. The van der Waals surface area contributed by atoms with Crippen molar-refractivity contribution in [2.24, 2.45) is 0 Å². The summed E-state index contributed by atoms with van der Waals surface area (Å²) in [5, 5.41) is 0.807. The molecule has 1 aromatic carbocycles. The van der Waals surface area contributed by atoms with Gasteiger partial charge in [-0.3, -0.25) is 4.79 Å². The van der Waals surface area contributed by atoms with Gasteiger partial charge in [0.1, 0.15) is 5.15 Å². The van der Waals surface area contributed by atoms with Gasteiger partial charge in [0.05, 0.1) is 6.42 Å². The monoisotopic (exact) mass is 348 g/mol. The highest BCUT2D eigenvalue weighted by Gasteiger charge is 2.24. The number of aryl methyl sites for hydroxylation is 3. The van der Waals surface area contributed by atoms with Crippen molar-refractivity contribution in [2.45, 2.75) is 33.1 Å². The lowest BCUT2D eigenvalue weighted by atomic mass is 9.99. The molecule has 2 aromatic rings. The number of carbonyl (C=O) groups is 1. The molecule has 120 valence electrons. The van der Waals surface area contributed by atoms with Crippen LogP contribution < -0.4 is 4.90 Å². The first kappa shape index (κ1) is 16.3. The summed E-state index contributed by atoms with van der Waals surface area (Å²) < 4.78 is 0. The minimum absolute atomic E-state index is 0.00394. The smallest absolute Gasteiger partial charge is 0.231 e. The molecular formula is C18H18Cl2N2O. The quantitative estimate of drug-likeness (QED) is 0.747. The van der Waals surface area contributed by atoms with E-state index < -0.39 is 0 Å². The van der Waals surface area contributed by atoms with E-state index in [-0.39, 0.29) is 12.3 Å². The van der Waals surface area contributed by atoms with E-state index in [1.807, 2.05) is 24.0 Å². The number of hydrogen-bond donors (Lipinski definition) is 0. The van der Waals surface area contributed by atoms with Crippen molar-refractivity contribution in [3.63, 3.8) is 0 Å². The molecule has 0 radical (unpaired) electrons. The Morgan fingerprint density at radius 1 is 1.26 bits per heavy atom. The van der Waals surface area contributed by atoms with Crippen LogP contribution in [0.3, 0.4) is 0 Å². The second-order valence-corrected chi connectivity index (χ2v) is 6.74. The number of nitrogens with zero attached hydrogens (tertiary/aromatic N) is 2. The summed E-state index contributed by atoms with van der Waals surface area (Å²) in [6.07, 6.45) is 2.14. The Hall–Kier alpha value is -1.58. The van der Waals surface area contributed by atoms with Gasteiger partial charge < -0.3 is 4.90 Å². The first-order valence-electron chi connectivity index (χ1n) is 7.67. The van der Waals surface area contributed by atoms with Crippen LogP contribution >= 0.6 is 23.2 Å². The largest absolute Gasteiger partial charge is 0.312 e. The van der Waals surface area contributed by atoms with Gasteiger partial charge in [-0.25, -0.2) is 4.98 Å². The average molecular weight is 349 g/mol. The molecular weight excluding hydrogens is 331 g/mol. The molecule has 0 N–H and O–H groups in total. The van der Waals surface area contributed by atoms with Gasteiger partial charge in [-0.15, -0.1) is 0 Å². The second-order valence-electron chi connectivity index (χ2n) is 5.97. The van der Waals surface area contributed by atoms with Crippen molar-refractivity contribution in [1.29, 1.82) is 0 Å².